The summed E-state index contributed by atoms with van der Waals surface area (Å²) >= 11 is 1.61. The summed E-state index contributed by atoms with van der Waals surface area (Å²) in [6, 6.07) is 9.02. The van der Waals surface area contributed by atoms with E-state index in [4.69, 9.17) is 0 Å². The van der Waals surface area contributed by atoms with Crippen LogP contribution in [-0.4, -0.2) is 10.4 Å². The number of fused-ring (bicyclic) bond motifs is 3. The number of hydrogen-bond donors (Lipinski definition) is 1. The molecule has 0 radical (unpaired) electrons. The monoisotopic (exact) mass is 272 g/mol. The van der Waals surface area contributed by atoms with Gasteiger partial charge in [0.1, 0.15) is 5.00 Å². The Morgan fingerprint density at radius 2 is 2.16 bits per heavy atom. The molecule has 1 heterocycles. The maximum Gasteiger partial charge on any atom is 0.117 e. The average molecular weight is 272 g/mol. The fourth-order valence-electron chi connectivity index (χ4n) is 4.21. The van der Waals surface area contributed by atoms with E-state index in [9.17, 15) is 0 Å². The predicted molar refractivity (Wildman–Crippen MR) is 81.6 cm³/mol. The third kappa shape index (κ3) is 1.95. The van der Waals surface area contributed by atoms with E-state index in [1.165, 1.54) is 36.1 Å². The van der Waals surface area contributed by atoms with Gasteiger partial charge in [0.25, 0.3) is 0 Å². The zero-order valence-corrected chi connectivity index (χ0v) is 12.1. The third-order valence-electron chi connectivity index (χ3n) is 5.18. The van der Waals surface area contributed by atoms with Gasteiger partial charge in [-0.2, -0.15) is 4.37 Å². The minimum Gasteiger partial charge on any atom is -0.372 e. The Morgan fingerprint density at radius 3 is 2.95 bits per heavy atom. The number of rotatable bonds is 3. The van der Waals surface area contributed by atoms with Crippen LogP contribution < -0.4 is 5.32 Å². The molecule has 0 spiro atoms. The molecule has 2 aliphatic rings. The Bertz CT molecular complexity index is 591. The summed E-state index contributed by atoms with van der Waals surface area (Å²) in [4.78, 5) is 0. The second-order valence-corrected chi connectivity index (χ2v) is 7.07. The Hall–Kier alpha value is -1.09. The van der Waals surface area contributed by atoms with Crippen molar-refractivity contribution in [1.82, 2.24) is 4.37 Å². The predicted octanol–water partition coefficient (Wildman–Crippen LogP) is 4.53. The highest BCUT2D eigenvalue weighted by molar-refractivity contribution is 7.11. The lowest BCUT2D eigenvalue weighted by Crippen LogP contribution is -2.29. The van der Waals surface area contributed by atoms with Crippen LogP contribution in [0.4, 0.5) is 5.00 Å². The van der Waals surface area contributed by atoms with Crippen LogP contribution in [0, 0.1) is 17.8 Å². The van der Waals surface area contributed by atoms with Crippen molar-refractivity contribution < 1.29 is 0 Å². The van der Waals surface area contributed by atoms with E-state index in [2.05, 4.69) is 40.9 Å². The Kier molecular flexibility index (Phi) is 2.76. The Labute approximate surface area is 118 Å². The number of nitrogens with one attached hydrogen (secondary N) is 1. The molecule has 1 N–H and O–H groups in total. The molecule has 2 aromatic rings. The SMILES string of the molecule is CC(Nc1snc2ccccc12)C1CC2CCC1C2. The molecule has 2 bridgehead atoms. The Morgan fingerprint density at radius 1 is 1.26 bits per heavy atom. The van der Waals surface area contributed by atoms with Gasteiger partial charge in [-0.25, -0.2) is 0 Å². The lowest BCUT2D eigenvalue weighted by molar-refractivity contribution is 0.304. The molecule has 3 heteroatoms. The van der Waals surface area contributed by atoms with Gasteiger partial charge in [-0.3, -0.25) is 0 Å². The minimum absolute atomic E-state index is 0.583. The van der Waals surface area contributed by atoms with Gasteiger partial charge >= 0.3 is 0 Å². The molecule has 2 aliphatic carbocycles. The van der Waals surface area contributed by atoms with E-state index >= 15 is 0 Å². The number of hydrogen-bond acceptors (Lipinski definition) is 3. The van der Waals surface area contributed by atoms with E-state index in [0.29, 0.717) is 6.04 Å². The number of nitrogens with zero attached hydrogens (tertiary/aromatic N) is 1. The van der Waals surface area contributed by atoms with E-state index < -0.39 is 0 Å². The van der Waals surface area contributed by atoms with Crippen molar-refractivity contribution in [2.75, 3.05) is 5.32 Å². The molecule has 0 aliphatic heterocycles. The standard InChI is InChI=1S/C16H20N2S/c1-10(14-9-11-6-7-12(14)8-11)17-16-13-4-2-3-5-15(13)18-19-16/h2-5,10-12,14,17H,6-9H2,1H3. The van der Waals surface area contributed by atoms with Crippen molar-refractivity contribution in [3.63, 3.8) is 0 Å². The minimum atomic E-state index is 0.583. The van der Waals surface area contributed by atoms with Crippen molar-refractivity contribution in [3.05, 3.63) is 24.3 Å². The molecule has 100 valence electrons. The van der Waals surface area contributed by atoms with Crippen molar-refractivity contribution in [1.29, 1.82) is 0 Å². The summed E-state index contributed by atoms with van der Waals surface area (Å²) < 4.78 is 4.53. The molecule has 19 heavy (non-hydrogen) atoms. The third-order valence-corrected chi connectivity index (χ3v) is 5.99. The first-order chi connectivity index (χ1) is 9.31. The summed E-state index contributed by atoms with van der Waals surface area (Å²) in [5.41, 5.74) is 1.12. The highest BCUT2D eigenvalue weighted by Crippen LogP contribution is 2.50. The number of anilines is 1. The zero-order chi connectivity index (χ0) is 12.8. The van der Waals surface area contributed by atoms with Crippen LogP contribution in [0.5, 0.6) is 0 Å². The second-order valence-electron chi connectivity index (χ2n) is 6.30. The van der Waals surface area contributed by atoms with Crippen LogP contribution in [0.2, 0.25) is 0 Å². The van der Waals surface area contributed by atoms with E-state index in [1.54, 1.807) is 11.5 Å². The van der Waals surface area contributed by atoms with Gasteiger partial charge in [0.05, 0.1) is 5.52 Å². The quantitative estimate of drug-likeness (QED) is 0.887. The summed E-state index contributed by atoms with van der Waals surface area (Å²) in [5, 5.41) is 6.28. The molecule has 2 saturated carbocycles. The van der Waals surface area contributed by atoms with Gasteiger partial charge < -0.3 is 5.32 Å². The van der Waals surface area contributed by atoms with Gasteiger partial charge in [0.2, 0.25) is 0 Å². The first kappa shape index (κ1) is 11.7. The van der Waals surface area contributed by atoms with Crippen LogP contribution in [0.1, 0.15) is 32.6 Å². The molecule has 1 aromatic carbocycles. The molecule has 0 saturated heterocycles. The number of aromatic nitrogens is 1. The van der Waals surface area contributed by atoms with Crippen molar-refractivity contribution in [2.45, 2.75) is 38.6 Å². The highest BCUT2D eigenvalue weighted by atomic mass is 32.1. The maximum atomic E-state index is 4.53. The molecule has 2 fully saturated rings. The van der Waals surface area contributed by atoms with E-state index in [0.717, 1.165) is 23.3 Å². The topological polar surface area (TPSA) is 24.9 Å². The molecular weight excluding hydrogens is 252 g/mol. The van der Waals surface area contributed by atoms with Crippen molar-refractivity contribution >= 4 is 27.4 Å². The second kappa shape index (κ2) is 4.48. The van der Waals surface area contributed by atoms with Crippen LogP contribution in [0.25, 0.3) is 10.9 Å². The van der Waals surface area contributed by atoms with Crippen molar-refractivity contribution in [2.24, 2.45) is 17.8 Å². The average Bonchev–Trinajstić information content (AvgIpc) is 3.14. The fraction of sp³-hybridized carbons (Fsp3) is 0.562. The first-order valence-corrected chi connectivity index (χ1v) is 8.19. The van der Waals surface area contributed by atoms with Crippen LogP contribution in [-0.2, 0) is 0 Å². The zero-order valence-electron chi connectivity index (χ0n) is 11.3. The van der Waals surface area contributed by atoms with Crippen LogP contribution in [0.15, 0.2) is 24.3 Å². The maximum absolute atomic E-state index is 4.53. The highest BCUT2D eigenvalue weighted by Gasteiger charge is 2.41. The summed E-state index contributed by atoms with van der Waals surface area (Å²) in [6.07, 6.45) is 5.87. The van der Waals surface area contributed by atoms with Gasteiger partial charge in [-0.05, 0) is 67.6 Å². The van der Waals surface area contributed by atoms with E-state index in [-0.39, 0.29) is 0 Å². The molecule has 1 aromatic heterocycles. The summed E-state index contributed by atoms with van der Waals surface area (Å²) in [6.45, 7) is 2.36. The largest absolute Gasteiger partial charge is 0.372 e. The lowest BCUT2D eigenvalue weighted by atomic mass is 9.84. The van der Waals surface area contributed by atoms with Gasteiger partial charge in [0.15, 0.2) is 0 Å². The molecule has 4 rings (SSSR count). The summed E-state index contributed by atoms with van der Waals surface area (Å²) in [5.74, 6) is 2.88. The lowest BCUT2D eigenvalue weighted by Gasteiger charge is -2.28. The smallest absolute Gasteiger partial charge is 0.117 e. The van der Waals surface area contributed by atoms with Crippen molar-refractivity contribution in [3.8, 4) is 0 Å². The normalized spacial score (nSPS) is 30.9. The molecule has 0 amide bonds. The fourth-order valence-corrected chi connectivity index (χ4v) is 5.07. The summed E-state index contributed by atoms with van der Waals surface area (Å²) in [7, 11) is 0. The molecular formula is C16H20N2S. The van der Waals surface area contributed by atoms with Gasteiger partial charge in [-0.1, -0.05) is 18.6 Å². The first-order valence-electron chi connectivity index (χ1n) is 7.42. The number of benzene rings is 1. The van der Waals surface area contributed by atoms with Gasteiger partial charge in [-0.15, -0.1) is 0 Å². The molecule has 4 unspecified atom stereocenters. The molecule has 2 nitrogen and oxygen atoms in total. The molecule has 4 atom stereocenters. The Balaban J connectivity index is 1.54. The van der Waals surface area contributed by atoms with Crippen LogP contribution >= 0.6 is 11.5 Å². The van der Waals surface area contributed by atoms with Crippen LogP contribution in [0.3, 0.4) is 0 Å². The van der Waals surface area contributed by atoms with E-state index in [1.807, 2.05) is 0 Å². The van der Waals surface area contributed by atoms with Gasteiger partial charge in [0, 0.05) is 11.4 Å².